The Hall–Kier alpha value is -1.29. The third kappa shape index (κ3) is 3.00. The lowest BCUT2D eigenvalue weighted by Crippen LogP contribution is -2.53. The van der Waals surface area contributed by atoms with E-state index in [1.54, 1.807) is 0 Å². The van der Waals surface area contributed by atoms with Crippen LogP contribution in [0.25, 0.3) is 0 Å². The molecule has 21 heavy (non-hydrogen) atoms. The molecule has 0 bridgehead atoms. The molecule has 1 aromatic rings. The number of aromatic nitrogens is 1. The van der Waals surface area contributed by atoms with Crippen LogP contribution in [0.3, 0.4) is 0 Å². The maximum absolute atomic E-state index is 12.5. The molecule has 3 rings (SSSR count). The van der Waals surface area contributed by atoms with E-state index >= 15 is 0 Å². The van der Waals surface area contributed by atoms with E-state index in [9.17, 15) is 4.79 Å². The van der Waals surface area contributed by atoms with Gasteiger partial charge < -0.3 is 15.2 Å². The number of rotatable bonds is 5. The number of H-pyrrole nitrogens is 1. The first-order chi connectivity index (χ1) is 10.1. The fraction of sp³-hybridized carbons (Fsp3) is 0.706. The van der Waals surface area contributed by atoms with Gasteiger partial charge in [0.2, 0.25) is 0 Å². The highest BCUT2D eigenvalue weighted by Gasteiger charge is 2.35. The summed E-state index contributed by atoms with van der Waals surface area (Å²) in [4.78, 5) is 17.9. The van der Waals surface area contributed by atoms with Crippen LogP contribution >= 0.6 is 0 Å². The van der Waals surface area contributed by atoms with Gasteiger partial charge in [-0.15, -0.1) is 0 Å². The SMILES string of the molecule is CN(C)C1(CNC(=O)c2[nH]ccc2C2CC2)CCCCC1. The Morgan fingerprint density at radius 2 is 2.05 bits per heavy atom. The molecule has 2 saturated carbocycles. The molecule has 2 aliphatic rings. The molecule has 116 valence electrons. The summed E-state index contributed by atoms with van der Waals surface area (Å²) in [7, 11) is 4.28. The van der Waals surface area contributed by atoms with Crippen LogP contribution in [-0.2, 0) is 0 Å². The molecule has 4 nitrogen and oxygen atoms in total. The van der Waals surface area contributed by atoms with Gasteiger partial charge in [0.25, 0.3) is 5.91 Å². The van der Waals surface area contributed by atoms with Gasteiger partial charge in [-0.1, -0.05) is 19.3 Å². The van der Waals surface area contributed by atoms with Crippen molar-refractivity contribution in [2.45, 2.75) is 56.4 Å². The maximum atomic E-state index is 12.5. The zero-order valence-electron chi connectivity index (χ0n) is 13.2. The molecular weight excluding hydrogens is 262 g/mol. The lowest BCUT2D eigenvalue weighted by molar-refractivity contribution is 0.0796. The average molecular weight is 289 g/mol. The van der Waals surface area contributed by atoms with E-state index in [1.165, 1.54) is 50.5 Å². The molecule has 2 fully saturated rings. The van der Waals surface area contributed by atoms with Gasteiger partial charge in [0.05, 0.1) is 0 Å². The van der Waals surface area contributed by atoms with Crippen LogP contribution in [0.5, 0.6) is 0 Å². The quantitative estimate of drug-likeness (QED) is 0.875. The average Bonchev–Trinajstić information content (AvgIpc) is 3.22. The predicted octanol–water partition coefficient (Wildman–Crippen LogP) is 2.89. The van der Waals surface area contributed by atoms with Crippen LogP contribution in [0.1, 0.15) is 66.9 Å². The molecule has 2 N–H and O–H groups in total. The van der Waals surface area contributed by atoms with Gasteiger partial charge >= 0.3 is 0 Å². The highest BCUT2D eigenvalue weighted by Crippen LogP contribution is 2.41. The number of nitrogens with zero attached hydrogens (tertiary/aromatic N) is 1. The van der Waals surface area contributed by atoms with E-state index in [4.69, 9.17) is 0 Å². The number of likely N-dealkylation sites (N-methyl/N-ethyl adjacent to an activating group) is 1. The highest BCUT2D eigenvalue weighted by atomic mass is 16.1. The van der Waals surface area contributed by atoms with Crippen LogP contribution in [0.2, 0.25) is 0 Å². The van der Waals surface area contributed by atoms with Gasteiger partial charge in [0.15, 0.2) is 0 Å². The van der Waals surface area contributed by atoms with E-state index in [-0.39, 0.29) is 11.4 Å². The number of carbonyl (C=O) groups is 1. The Balaban J connectivity index is 1.65. The fourth-order valence-electron chi connectivity index (χ4n) is 3.64. The van der Waals surface area contributed by atoms with E-state index in [2.05, 4.69) is 35.4 Å². The van der Waals surface area contributed by atoms with Crippen LogP contribution in [-0.4, -0.2) is 42.0 Å². The van der Waals surface area contributed by atoms with Gasteiger partial charge in [-0.3, -0.25) is 4.79 Å². The van der Waals surface area contributed by atoms with Crippen molar-refractivity contribution in [1.82, 2.24) is 15.2 Å². The zero-order chi connectivity index (χ0) is 14.9. The summed E-state index contributed by atoms with van der Waals surface area (Å²) in [6, 6.07) is 2.06. The van der Waals surface area contributed by atoms with Crippen molar-refractivity contribution in [3.63, 3.8) is 0 Å². The van der Waals surface area contributed by atoms with Gasteiger partial charge in [-0.05, 0) is 57.3 Å². The molecular formula is C17H27N3O. The maximum Gasteiger partial charge on any atom is 0.268 e. The number of hydrogen-bond donors (Lipinski definition) is 2. The van der Waals surface area contributed by atoms with Gasteiger partial charge in [-0.2, -0.15) is 0 Å². The van der Waals surface area contributed by atoms with Crippen molar-refractivity contribution in [3.05, 3.63) is 23.5 Å². The van der Waals surface area contributed by atoms with Crippen molar-refractivity contribution in [2.75, 3.05) is 20.6 Å². The molecule has 0 unspecified atom stereocenters. The molecule has 2 aliphatic carbocycles. The second-order valence-electron chi connectivity index (χ2n) is 6.94. The van der Waals surface area contributed by atoms with Crippen LogP contribution < -0.4 is 5.32 Å². The van der Waals surface area contributed by atoms with Crippen LogP contribution in [0.4, 0.5) is 0 Å². The molecule has 0 aliphatic heterocycles. The van der Waals surface area contributed by atoms with E-state index in [0.717, 1.165) is 12.2 Å². The second kappa shape index (κ2) is 5.84. The summed E-state index contributed by atoms with van der Waals surface area (Å²) in [5.41, 5.74) is 2.12. The predicted molar refractivity (Wildman–Crippen MR) is 84.6 cm³/mol. The molecule has 4 heteroatoms. The van der Waals surface area contributed by atoms with E-state index in [0.29, 0.717) is 5.92 Å². The summed E-state index contributed by atoms with van der Waals surface area (Å²) in [5.74, 6) is 0.670. The minimum Gasteiger partial charge on any atom is -0.357 e. The number of carbonyl (C=O) groups excluding carboxylic acids is 1. The van der Waals surface area contributed by atoms with Crippen LogP contribution in [0, 0.1) is 0 Å². The van der Waals surface area contributed by atoms with Gasteiger partial charge in [0.1, 0.15) is 5.69 Å². The standard InChI is InChI=1S/C17H27N3O/c1-20(2)17(9-4-3-5-10-17)12-19-16(21)15-14(8-11-18-15)13-6-7-13/h8,11,13,18H,3-7,9-10,12H2,1-2H3,(H,19,21). The van der Waals surface area contributed by atoms with Crippen molar-refractivity contribution < 1.29 is 4.79 Å². The van der Waals surface area contributed by atoms with Crippen LogP contribution in [0.15, 0.2) is 12.3 Å². The summed E-state index contributed by atoms with van der Waals surface area (Å²) in [6.45, 7) is 0.752. The molecule has 0 aromatic carbocycles. The summed E-state index contributed by atoms with van der Waals surface area (Å²) in [6.07, 6.45) is 10.6. The molecule has 1 amide bonds. The summed E-state index contributed by atoms with van der Waals surface area (Å²) >= 11 is 0. The first kappa shape index (κ1) is 14.6. The Kier molecular flexibility index (Phi) is 4.07. The van der Waals surface area contributed by atoms with E-state index < -0.39 is 0 Å². The molecule has 0 radical (unpaired) electrons. The summed E-state index contributed by atoms with van der Waals surface area (Å²) in [5, 5.41) is 3.19. The molecule has 0 spiro atoms. The van der Waals surface area contributed by atoms with Crippen molar-refractivity contribution in [1.29, 1.82) is 0 Å². The number of aromatic amines is 1. The number of amides is 1. The lowest BCUT2D eigenvalue weighted by atomic mass is 9.80. The molecule has 1 aromatic heterocycles. The minimum atomic E-state index is 0.0636. The fourth-order valence-corrected chi connectivity index (χ4v) is 3.64. The van der Waals surface area contributed by atoms with Gasteiger partial charge in [0, 0.05) is 18.3 Å². The van der Waals surface area contributed by atoms with Crippen molar-refractivity contribution in [2.24, 2.45) is 0 Å². The Labute approximate surface area is 127 Å². The molecule has 0 atom stereocenters. The zero-order valence-corrected chi connectivity index (χ0v) is 13.2. The van der Waals surface area contributed by atoms with E-state index in [1.807, 2.05) is 6.20 Å². The Bertz CT molecular complexity index is 496. The van der Waals surface area contributed by atoms with Gasteiger partial charge in [-0.25, -0.2) is 0 Å². The largest absolute Gasteiger partial charge is 0.357 e. The first-order valence-corrected chi connectivity index (χ1v) is 8.25. The highest BCUT2D eigenvalue weighted by molar-refractivity contribution is 5.94. The Morgan fingerprint density at radius 3 is 2.67 bits per heavy atom. The first-order valence-electron chi connectivity index (χ1n) is 8.25. The third-order valence-electron chi connectivity index (χ3n) is 5.33. The minimum absolute atomic E-state index is 0.0636. The van der Waals surface area contributed by atoms with Crippen molar-refractivity contribution >= 4 is 5.91 Å². The number of nitrogens with one attached hydrogen (secondary N) is 2. The smallest absolute Gasteiger partial charge is 0.268 e. The lowest BCUT2D eigenvalue weighted by Gasteiger charge is -2.43. The topological polar surface area (TPSA) is 48.1 Å². The third-order valence-corrected chi connectivity index (χ3v) is 5.33. The number of hydrogen-bond acceptors (Lipinski definition) is 2. The molecule has 1 heterocycles. The summed E-state index contributed by atoms with van der Waals surface area (Å²) < 4.78 is 0. The van der Waals surface area contributed by atoms with Crippen molar-refractivity contribution in [3.8, 4) is 0 Å². The Morgan fingerprint density at radius 1 is 1.33 bits per heavy atom. The second-order valence-corrected chi connectivity index (χ2v) is 6.94. The normalized spacial score (nSPS) is 21.5. The molecule has 0 saturated heterocycles. The monoisotopic (exact) mass is 289 g/mol.